The molecule has 0 radical (unpaired) electrons. The molecule has 0 fully saturated rings. The van der Waals surface area contributed by atoms with E-state index < -0.39 is 23.8 Å². The van der Waals surface area contributed by atoms with Crippen molar-refractivity contribution in [3.8, 4) is 0 Å². The molecule has 2 rings (SSSR count). The number of nitrogens with one attached hydrogen (secondary N) is 1. The molecule has 0 saturated carbocycles. The third-order valence-corrected chi connectivity index (χ3v) is 3.97. The molecular weight excluding hydrogens is 305 g/mol. The quantitative estimate of drug-likeness (QED) is 0.874. The molecule has 0 aliphatic rings. The highest BCUT2D eigenvalue weighted by Crippen LogP contribution is 2.21. The Hall–Kier alpha value is -2.21. The monoisotopic (exact) mass is 321 g/mol. The number of hydrogen-bond acceptors (Lipinski definition) is 4. The zero-order valence-corrected chi connectivity index (χ0v) is 13.3. The van der Waals surface area contributed by atoms with E-state index in [1.165, 1.54) is 36.5 Å². The molecule has 0 unspecified atom stereocenters. The number of anilines is 1. The van der Waals surface area contributed by atoms with Gasteiger partial charge in [-0.3, -0.25) is 4.79 Å². The summed E-state index contributed by atoms with van der Waals surface area (Å²) in [6.07, 6.45) is -0.977. The van der Waals surface area contributed by atoms with E-state index in [0.717, 1.165) is 9.75 Å². The van der Waals surface area contributed by atoms with Gasteiger partial charge in [-0.1, -0.05) is 6.07 Å². The molecular formula is C16H16FNO3S. The molecule has 0 saturated heterocycles. The van der Waals surface area contributed by atoms with E-state index in [1.807, 2.05) is 13.8 Å². The maximum Gasteiger partial charge on any atom is 0.340 e. The summed E-state index contributed by atoms with van der Waals surface area (Å²) < 4.78 is 18.2. The van der Waals surface area contributed by atoms with Crippen LogP contribution in [0.2, 0.25) is 0 Å². The molecule has 1 heterocycles. The summed E-state index contributed by atoms with van der Waals surface area (Å²) in [7, 11) is 0. The van der Waals surface area contributed by atoms with Gasteiger partial charge in [0.25, 0.3) is 5.91 Å². The molecule has 0 aliphatic heterocycles. The topological polar surface area (TPSA) is 55.4 Å². The first-order valence-electron chi connectivity index (χ1n) is 6.71. The zero-order chi connectivity index (χ0) is 16.3. The standard InChI is InChI=1S/C16H16FNO3S/c1-9-7-14(11(3)22-9)16(20)21-10(2)15(19)18-13-6-4-5-12(17)8-13/h4-8,10H,1-3H3,(H,18,19)/t10-/m0/s1. The van der Waals surface area contributed by atoms with Crippen molar-refractivity contribution < 1.29 is 18.7 Å². The van der Waals surface area contributed by atoms with Crippen LogP contribution in [0.25, 0.3) is 0 Å². The molecule has 1 aromatic heterocycles. The first-order chi connectivity index (χ1) is 10.4. The molecule has 1 aromatic carbocycles. The van der Waals surface area contributed by atoms with E-state index in [4.69, 9.17) is 4.74 Å². The molecule has 1 N–H and O–H groups in total. The van der Waals surface area contributed by atoms with E-state index in [9.17, 15) is 14.0 Å². The molecule has 0 aliphatic carbocycles. The number of amides is 1. The van der Waals surface area contributed by atoms with Gasteiger partial charge < -0.3 is 10.1 Å². The van der Waals surface area contributed by atoms with Crippen LogP contribution in [-0.4, -0.2) is 18.0 Å². The Morgan fingerprint density at radius 2 is 2.00 bits per heavy atom. The number of aryl methyl sites for hydroxylation is 2. The number of rotatable bonds is 4. The molecule has 6 heteroatoms. The van der Waals surface area contributed by atoms with Crippen LogP contribution in [0, 0.1) is 19.7 Å². The lowest BCUT2D eigenvalue weighted by molar-refractivity contribution is -0.123. The number of thiophene rings is 1. The Bertz CT molecular complexity index is 711. The lowest BCUT2D eigenvalue weighted by atomic mass is 10.2. The van der Waals surface area contributed by atoms with Gasteiger partial charge in [-0.25, -0.2) is 9.18 Å². The summed E-state index contributed by atoms with van der Waals surface area (Å²) in [5.74, 6) is -1.50. The summed E-state index contributed by atoms with van der Waals surface area (Å²) >= 11 is 1.49. The van der Waals surface area contributed by atoms with Crippen LogP contribution >= 0.6 is 11.3 Å². The molecule has 4 nitrogen and oxygen atoms in total. The van der Waals surface area contributed by atoms with E-state index >= 15 is 0 Å². The van der Waals surface area contributed by atoms with Crippen LogP contribution in [0.3, 0.4) is 0 Å². The summed E-state index contributed by atoms with van der Waals surface area (Å²) in [6.45, 7) is 5.20. The Labute approximate surface area is 131 Å². The number of benzene rings is 1. The Morgan fingerprint density at radius 1 is 1.27 bits per heavy atom. The van der Waals surface area contributed by atoms with Gasteiger partial charge in [0.15, 0.2) is 6.10 Å². The lowest BCUT2D eigenvalue weighted by Crippen LogP contribution is -2.30. The van der Waals surface area contributed by atoms with Gasteiger partial charge in [0.05, 0.1) is 5.56 Å². The van der Waals surface area contributed by atoms with Gasteiger partial charge in [-0.2, -0.15) is 0 Å². The average molecular weight is 321 g/mol. The molecule has 22 heavy (non-hydrogen) atoms. The molecule has 0 bridgehead atoms. The summed E-state index contributed by atoms with van der Waals surface area (Å²) in [5.41, 5.74) is 0.781. The fraction of sp³-hybridized carbons (Fsp3) is 0.250. The predicted octanol–water partition coefficient (Wildman–Crippen LogP) is 3.69. The second-order valence-corrected chi connectivity index (χ2v) is 6.33. The minimum Gasteiger partial charge on any atom is -0.449 e. The van der Waals surface area contributed by atoms with Gasteiger partial charge >= 0.3 is 5.97 Å². The van der Waals surface area contributed by atoms with Gasteiger partial charge in [0, 0.05) is 15.4 Å². The molecule has 116 valence electrons. The number of hydrogen-bond donors (Lipinski definition) is 1. The zero-order valence-electron chi connectivity index (χ0n) is 12.5. The van der Waals surface area contributed by atoms with Crippen molar-refractivity contribution in [3.05, 3.63) is 51.5 Å². The normalized spacial score (nSPS) is 11.8. The van der Waals surface area contributed by atoms with E-state index in [2.05, 4.69) is 5.32 Å². The number of esters is 1. The smallest absolute Gasteiger partial charge is 0.340 e. The van der Waals surface area contributed by atoms with Crippen molar-refractivity contribution in [1.82, 2.24) is 0 Å². The first kappa shape index (κ1) is 16.2. The molecule has 1 amide bonds. The largest absolute Gasteiger partial charge is 0.449 e. The van der Waals surface area contributed by atoms with Crippen molar-refractivity contribution >= 4 is 28.9 Å². The fourth-order valence-electron chi connectivity index (χ4n) is 1.92. The number of carbonyl (C=O) groups excluding carboxylic acids is 2. The minimum absolute atomic E-state index is 0.315. The van der Waals surface area contributed by atoms with Gasteiger partial charge in [0.2, 0.25) is 0 Å². The first-order valence-corrected chi connectivity index (χ1v) is 7.53. The van der Waals surface area contributed by atoms with Crippen molar-refractivity contribution in [2.24, 2.45) is 0 Å². The van der Waals surface area contributed by atoms with Crippen LogP contribution in [0.5, 0.6) is 0 Å². The number of halogens is 1. The summed E-state index contributed by atoms with van der Waals surface area (Å²) in [5, 5.41) is 2.51. The van der Waals surface area contributed by atoms with E-state index in [-0.39, 0.29) is 0 Å². The third kappa shape index (κ3) is 3.92. The highest BCUT2D eigenvalue weighted by molar-refractivity contribution is 7.12. The summed E-state index contributed by atoms with van der Waals surface area (Å²) in [4.78, 5) is 25.9. The molecule has 1 atom stereocenters. The predicted molar refractivity (Wildman–Crippen MR) is 83.7 cm³/mol. The van der Waals surface area contributed by atoms with E-state index in [1.54, 1.807) is 12.1 Å². The van der Waals surface area contributed by atoms with Crippen LogP contribution < -0.4 is 5.32 Å². The van der Waals surface area contributed by atoms with Crippen LogP contribution in [-0.2, 0) is 9.53 Å². The minimum atomic E-state index is -0.977. The lowest BCUT2D eigenvalue weighted by Gasteiger charge is -2.13. The van der Waals surface area contributed by atoms with Gasteiger partial charge in [-0.05, 0) is 45.0 Å². The fourth-order valence-corrected chi connectivity index (χ4v) is 2.83. The van der Waals surface area contributed by atoms with Crippen molar-refractivity contribution in [2.45, 2.75) is 26.9 Å². The second-order valence-electron chi connectivity index (χ2n) is 4.87. The van der Waals surface area contributed by atoms with Gasteiger partial charge in [0.1, 0.15) is 5.82 Å². The highest BCUT2D eigenvalue weighted by atomic mass is 32.1. The Kier molecular flexibility index (Phi) is 4.92. The molecule has 2 aromatic rings. The second kappa shape index (κ2) is 6.70. The third-order valence-electron chi connectivity index (χ3n) is 3.01. The van der Waals surface area contributed by atoms with Crippen molar-refractivity contribution in [3.63, 3.8) is 0 Å². The van der Waals surface area contributed by atoms with Crippen molar-refractivity contribution in [2.75, 3.05) is 5.32 Å². The SMILES string of the molecule is Cc1cc(C(=O)O[C@@H](C)C(=O)Nc2cccc(F)c2)c(C)s1. The highest BCUT2D eigenvalue weighted by Gasteiger charge is 2.21. The van der Waals surface area contributed by atoms with Crippen molar-refractivity contribution in [1.29, 1.82) is 0 Å². The maximum atomic E-state index is 13.1. The Balaban J connectivity index is 1.99. The van der Waals surface area contributed by atoms with Gasteiger partial charge in [-0.15, -0.1) is 11.3 Å². The average Bonchev–Trinajstić information content (AvgIpc) is 2.77. The van der Waals surface area contributed by atoms with E-state index in [0.29, 0.717) is 11.3 Å². The molecule has 0 spiro atoms. The van der Waals surface area contributed by atoms with Crippen LogP contribution in [0.1, 0.15) is 27.0 Å². The van der Waals surface area contributed by atoms with Crippen LogP contribution in [0.15, 0.2) is 30.3 Å². The van der Waals surface area contributed by atoms with Crippen LogP contribution in [0.4, 0.5) is 10.1 Å². The number of ether oxygens (including phenoxy) is 1. The number of carbonyl (C=O) groups is 2. The summed E-state index contributed by atoms with van der Waals surface area (Å²) in [6, 6.07) is 7.25. The maximum absolute atomic E-state index is 13.1. The Morgan fingerprint density at radius 3 is 2.59 bits per heavy atom.